The third kappa shape index (κ3) is 12.0. The van der Waals surface area contributed by atoms with Gasteiger partial charge in [-0.05, 0) is 69.5 Å². The zero-order valence-electron chi connectivity index (χ0n) is 30.0. The lowest BCUT2D eigenvalue weighted by Gasteiger charge is -2.35. The number of esters is 1. The number of benzene rings is 1. The first-order valence-corrected chi connectivity index (χ1v) is 18.5. The number of aromatic nitrogens is 1. The molecule has 3 amide bonds. The predicted molar refractivity (Wildman–Crippen MR) is 191 cm³/mol. The molecule has 2 aromatic rings. The van der Waals surface area contributed by atoms with E-state index in [4.69, 9.17) is 4.74 Å². The Bertz CT molecular complexity index is 1330. The summed E-state index contributed by atoms with van der Waals surface area (Å²) in [5.41, 5.74) is 0.565. The van der Waals surface area contributed by atoms with E-state index in [2.05, 4.69) is 46.9 Å². The van der Waals surface area contributed by atoms with Gasteiger partial charge in [-0.25, -0.2) is 4.98 Å². The first-order chi connectivity index (χ1) is 22.9. The highest BCUT2D eigenvalue weighted by molar-refractivity contribution is 7.09. The first kappa shape index (κ1) is 39.1. The van der Waals surface area contributed by atoms with Gasteiger partial charge in [0.2, 0.25) is 11.8 Å². The minimum Gasteiger partial charge on any atom is -0.455 e. The van der Waals surface area contributed by atoms with Crippen LogP contribution in [0.5, 0.6) is 0 Å². The molecule has 1 fully saturated rings. The third-order valence-corrected chi connectivity index (χ3v) is 10.2. The van der Waals surface area contributed by atoms with Gasteiger partial charge in [-0.1, -0.05) is 70.9 Å². The lowest BCUT2D eigenvalue weighted by molar-refractivity contribution is -0.149. The number of nitrogens with zero attached hydrogens (tertiary/aromatic N) is 2. The monoisotopic (exact) mass is 683 g/mol. The first-order valence-electron chi connectivity index (χ1n) is 17.6. The maximum atomic E-state index is 13.8. The van der Waals surface area contributed by atoms with E-state index in [1.165, 1.54) is 18.3 Å². The van der Waals surface area contributed by atoms with Crippen molar-refractivity contribution in [2.45, 2.75) is 123 Å². The Morgan fingerprint density at radius 3 is 2.35 bits per heavy atom. The van der Waals surface area contributed by atoms with Crippen LogP contribution in [-0.4, -0.2) is 71.8 Å². The number of likely N-dealkylation sites (N-methyl/N-ethyl adjacent to an activating group) is 1. The molecule has 0 saturated heterocycles. The summed E-state index contributed by atoms with van der Waals surface area (Å²) < 4.78 is 5.77. The van der Waals surface area contributed by atoms with Crippen molar-refractivity contribution in [3.8, 4) is 0 Å². The van der Waals surface area contributed by atoms with Crippen LogP contribution in [0.25, 0.3) is 0 Å². The van der Waals surface area contributed by atoms with Crippen molar-refractivity contribution >= 4 is 35.0 Å². The number of unbranched alkanes of at least 4 members (excludes halogenated alkanes) is 2. The van der Waals surface area contributed by atoms with E-state index in [-0.39, 0.29) is 41.4 Å². The standard InChI is InChI=1S/C37H57N5O5S/c1-8-26(4)21-29(22-28-15-11-9-12-16-28)39-34(45)30-24-48-35(40-30)32(47-27(5)43)23-31(25(2)3)42(7)36(46)37(18-19-37)41-33(44)17-13-10-14-20-38-6/h9,11-12,15-16,24-26,29,31-32,38H,8,10,13-14,17-23H2,1-7H3,(H,39,45)(H,41,44). The number of amides is 3. The van der Waals surface area contributed by atoms with E-state index in [0.29, 0.717) is 36.6 Å². The Morgan fingerprint density at radius 2 is 1.75 bits per heavy atom. The van der Waals surface area contributed by atoms with Crippen molar-refractivity contribution in [1.29, 1.82) is 0 Å². The highest BCUT2D eigenvalue weighted by Crippen LogP contribution is 2.39. The van der Waals surface area contributed by atoms with Gasteiger partial charge in [0, 0.05) is 44.3 Å². The molecular weight excluding hydrogens is 627 g/mol. The van der Waals surface area contributed by atoms with Gasteiger partial charge < -0.3 is 25.6 Å². The van der Waals surface area contributed by atoms with Crippen LogP contribution in [-0.2, 0) is 25.5 Å². The highest BCUT2D eigenvalue weighted by atomic mass is 32.1. The van der Waals surface area contributed by atoms with Gasteiger partial charge in [-0.15, -0.1) is 11.3 Å². The fourth-order valence-corrected chi connectivity index (χ4v) is 6.98. The minimum atomic E-state index is -0.876. The molecule has 1 saturated carbocycles. The summed E-state index contributed by atoms with van der Waals surface area (Å²) in [6.45, 7) is 10.7. The largest absolute Gasteiger partial charge is 0.455 e. The van der Waals surface area contributed by atoms with Crippen molar-refractivity contribution in [3.63, 3.8) is 0 Å². The smallest absolute Gasteiger partial charge is 0.303 e. The summed E-state index contributed by atoms with van der Waals surface area (Å²) in [5.74, 6) is -0.475. The topological polar surface area (TPSA) is 130 Å². The van der Waals surface area contributed by atoms with E-state index in [1.54, 1.807) is 17.3 Å². The second-order valence-corrected chi connectivity index (χ2v) is 14.7. The van der Waals surface area contributed by atoms with Crippen LogP contribution in [0.3, 0.4) is 0 Å². The Morgan fingerprint density at radius 1 is 1.04 bits per heavy atom. The van der Waals surface area contributed by atoms with E-state index in [9.17, 15) is 19.2 Å². The number of hydrogen-bond donors (Lipinski definition) is 3. The molecule has 0 bridgehead atoms. The normalized spacial score (nSPS) is 16.0. The second kappa shape index (κ2) is 19.0. The number of carbonyl (C=O) groups is 4. The summed E-state index contributed by atoms with van der Waals surface area (Å²) in [6.07, 6.45) is 6.51. The molecule has 1 aliphatic carbocycles. The summed E-state index contributed by atoms with van der Waals surface area (Å²) in [6, 6.07) is 9.78. The van der Waals surface area contributed by atoms with E-state index < -0.39 is 17.6 Å². The zero-order valence-corrected chi connectivity index (χ0v) is 30.8. The summed E-state index contributed by atoms with van der Waals surface area (Å²) in [7, 11) is 3.67. The van der Waals surface area contributed by atoms with Crippen LogP contribution in [0, 0.1) is 11.8 Å². The number of hydrogen-bond acceptors (Lipinski definition) is 8. The molecule has 3 rings (SSSR count). The van der Waals surface area contributed by atoms with Gasteiger partial charge in [-0.2, -0.15) is 0 Å². The Kier molecular flexibility index (Phi) is 15.5. The SMILES string of the molecule is CCC(C)CC(Cc1ccccc1)NC(=O)c1csc(C(CC(C(C)C)N(C)C(=O)C2(NC(=O)CCCCCNC)CC2)OC(C)=O)n1. The van der Waals surface area contributed by atoms with Gasteiger partial charge in [0.25, 0.3) is 5.91 Å². The Labute approximate surface area is 291 Å². The molecule has 48 heavy (non-hydrogen) atoms. The average molecular weight is 684 g/mol. The molecule has 0 aliphatic heterocycles. The predicted octanol–water partition coefficient (Wildman–Crippen LogP) is 5.83. The number of carbonyl (C=O) groups excluding carboxylic acids is 4. The maximum absolute atomic E-state index is 13.8. The molecular formula is C37H57N5O5S. The van der Waals surface area contributed by atoms with Crippen molar-refractivity contribution in [2.24, 2.45) is 11.8 Å². The number of thiazole rings is 1. The molecule has 4 unspecified atom stereocenters. The second-order valence-electron chi connectivity index (χ2n) is 13.8. The van der Waals surface area contributed by atoms with Crippen LogP contribution in [0.2, 0.25) is 0 Å². The van der Waals surface area contributed by atoms with Gasteiger partial charge in [0.05, 0.1) is 0 Å². The lowest BCUT2D eigenvalue weighted by atomic mass is 9.94. The fourth-order valence-electron chi connectivity index (χ4n) is 6.14. The van der Waals surface area contributed by atoms with Crippen LogP contribution >= 0.6 is 11.3 Å². The quantitative estimate of drug-likeness (QED) is 0.112. The molecule has 1 aromatic carbocycles. The number of ether oxygens (including phenoxy) is 1. The van der Waals surface area contributed by atoms with Crippen LogP contribution in [0.15, 0.2) is 35.7 Å². The maximum Gasteiger partial charge on any atom is 0.303 e. The van der Waals surface area contributed by atoms with Crippen molar-refractivity contribution in [3.05, 3.63) is 52.0 Å². The van der Waals surface area contributed by atoms with E-state index >= 15 is 0 Å². The van der Waals surface area contributed by atoms with Gasteiger partial charge >= 0.3 is 5.97 Å². The average Bonchev–Trinajstić information content (AvgIpc) is 3.65. The molecule has 0 spiro atoms. The molecule has 0 radical (unpaired) electrons. The molecule has 10 nitrogen and oxygen atoms in total. The summed E-state index contributed by atoms with van der Waals surface area (Å²) in [5, 5.41) is 11.6. The van der Waals surface area contributed by atoms with E-state index in [0.717, 1.165) is 50.6 Å². The van der Waals surface area contributed by atoms with Crippen LogP contribution in [0.4, 0.5) is 0 Å². The van der Waals surface area contributed by atoms with Gasteiger partial charge in [-0.3, -0.25) is 19.2 Å². The lowest BCUT2D eigenvalue weighted by Crippen LogP contribution is -2.53. The molecule has 4 atom stereocenters. The third-order valence-electron chi connectivity index (χ3n) is 9.29. The van der Waals surface area contributed by atoms with Gasteiger partial charge in [0.1, 0.15) is 16.2 Å². The molecule has 266 valence electrons. The molecule has 1 aliphatic rings. The molecule has 1 aromatic heterocycles. The summed E-state index contributed by atoms with van der Waals surface area (Å²) >= 11 is 1.28. The van der Waals surface area contributed by atoms with Crippen LogP contribution < -0.4 is 16.0 Å². The number of nitrogens with one attached hydrogen (secondary N) is 3. The Hall–Kier alpha value is -3.31. The molecule has 11 heteroatoms. The van der Waals surface area contributed by atoms with Gasteiger partial charge in [0.15, 0.2) is 6.10 Å². The van der Waals surface area contributed by atoms with Crippen molar-refractivity contribution in [1.82, 2.24) is 25.8 Å². The Balaban J connectivity index is 1.70. The van der Waals surface area contributed by atoms with E-state index in [1.807, 2.05) is 39.1 Å². The number of rotatable bonds is 21. The van der Waals surface area contributed by atoms with Crippen LogP contribution in [0.1, 0.15) is 120 Å². The van der Waals surface area contributed by atoms with Crippen molar-refractivity contribution < 1.29 is 23.9 Å². The molecule has 1 heterocycles. The zero-order chi connectivity index (χ0) is 35.3. The van der Waals surface area contributed by atoms with Crippen molar-refractivity contribution in [2.75, 3.05) is 20.6 Å². The fraction of sp³-hybridized carbons (Fsp3) is 0.649. The minimum absolute atomic E-state index is 0.0257. The summed E-state index contributed by atoms with van der Waals surface area (Å²) in [4.78, 5) is 58.6. The molecule has 3 N–H and O–H groups in total. The highest BCUT2D eigenvalue weighted by Gasteiger charge is 2.53.